The monoisotopic (exact) mass is 354 g/mol. The molecular weight excluding hydrogens is 338 g/mol. The lowest BCUT2D eigenvalue weighted by molar-refractivity contribution is 0.102. The number of carbonyl (C=O) groups excluding carboxylic acids is 1. The number of rotatable bonds is 4. The molecule has 1 amide bonds. The van der Waals surface area contributed by atoms with E-state index in [1.54, 1.807) is 24.3 Å². The highest BCUT2D eigenvalue weighted by atomic mass is 19.1. The average Bonchev–Trinajstić information content (AvgIpc) is 2.58. The zero-order chi connectivity index (χ0) is 18.7. The van der Waals surface area contributed by atoms with Gasteiger partial charge in [0.2, 0.25) is 5.95 Å². The van der Waals surface area contributed by atoms with E-state index < -0.39 is 23.2 Å². The maximum atomic E-state index is 13.6. The van der Waals surface area contributed by atoms with Crippen LogP contribution in [0, 0.1) is 25.5 Å². The van der Waals surface area contributed by atoms with E-state index in [1.165, 1.54) is 6.07 Å². The summed E-state index contributed by atoms with van der Waals surface area (Å²) in [5.41, 5.74) is 2.15. The number of hydrogen-bond donors (Lipinski definition) is 2. The van der Waals surface area contributed by atoms with Gasteiger partial charge in [0.15, 0.2) is 0 Å². The summed E-state index contributed by atoms with van der Waals surface area (Å²) in [5.74, 6) is -1.82. The van der Waals surface area contributed by atoms with Crippen molar-refractivity contribution in [1.29, 1.82) is 0 Å². The van der Waals surface area contributed by atoms with Crippen molar-refractivity contribution in [3.05, 3.63) is 77.1 Å². The van der Waals surface area contributed by atoms with Gasteiger partial charge in [-0.1, -0.05) is 6.07 Å². The van der Waals surface area contributed by atoms with Crippen molar-refractivity contribution in [1.82, 2.24) is 9.97 Å². The first-order valence-electron chi connectivity index (χ1n) is 7.87. The van der Waals surface area contributed by atoms with Crippen molar-refractivity contribution >= 4 is 23.2 Å². The van der Waals surface area contributed by atoms with Crippen LogP contribution in [0.15, 0.2) is 48.5 Å². The van der Waals surface area contributed by atoms with Gasteiger partial charge in [-0.15, -0.1) is 0 Å². The minimum Gasteiger partial charge on any atom is -0.324 e. The predicted molar refractivity (Wildman–Crippen MR) is 95.5 cm³/mol. The lowest BCUT2D eigenvalue weighted by Crippen LogP contribution is -2.14. The summed E-state index contributed by atoms with van der Waals surface area (Å²) in [6.45, 7) is 3.74. The van der Waals surface area contributed by atoms with Gasteiger partial charge in [0.25, 0.3) is 5.91 Å². The lowest BCUT2D eigenvalue weighted by Gasteiger charge is -2.09. The minimum absolute atomic E-state index is 0.263. The molecule has 0 spiro atoms. The molecule has 0 saturated heterocycles. The van der Waals surface area contributed by atoms with E-state index in [4.69, 9.17) is 0 Å². The second-order valence-corrected chi connectivity index (χ2v) is 5.73. The summed E-state index contributed by atoms with van der Waals surface area (Å²) in [7, 11) is 0. The summed E-state index contributed by atoms with van der Waals surface area (Å²) in [4.78, 5) is 20.7. The van der Waals surface area contributed by atoms with E-state index >= 15 is 0 Å². The molecule has 26 heavy (non-hydrogen) atoms. The average molecular weight is 354 g/mol. The molecule has 3 aromatic rings. The second kappa shape index (κ2) is 7.26. The molecule has 0 bridgehead atoms. The predicted octanol–water partition coefficient (Wildman–Crippen LogP) is 4.37. The van der Waals surface area contributed by atoms with Crippen molar-refractivity contribution in [2.75, 3.05) is 10.6 Å². The molecule has 0 aliphatic heterocycles. The maximum Gasteiger partial charge on any atom is 0.255 e. The third kappa shape index (κ3) is 4.00. The van der Waals surface area contributed by atoms with Gasteiger partial charge >= 0.3 is 0 Å². The number of nitrogens with one attached hydrogen (secondary N) is 2. The van der Waals surface area contributed by atoms with E-state index in [9.17, 15) is 13.6 Å². The van der Waals surface area contributed by atoms with Gasteiger partial charge in [-0.05, 0) is 56.3 Å². The first kappa shape index (κ1) is 17.5. The number of aromatic nitrogens is 2. The Balaban J connectivity index is 1.73. The van der Waals surface area contributed by atoms with Gasteiger partial charge in [-0.3, -0.25) is 4.79 Å². The number of aryl methyl sites for hydroxylation is 2. The van der Waals surface area contributed by atoms with Crippen molar-refractivity contribution in [3.8, 4) is 0 Å². The van der Waals surface area contributed by atoms with E-state index in [2.05, 4.69) is 20.6 Å². The highest BCUT2D eigenvalue weighted by Crippen LogP contribution is 2.20. The summed E-state index contributed by atoms with van der Waals surface area (Å²) in [6.07, 6.45) is 0. The number of anilines is 3. The molecule has 7 heteroatoms. The Kier molecular flexibility index (Phi) is 4.88. The smallest absolute Gasteiger partial charge is 0.255 e. The van der Waals surface area contributed by atoms with Crippen LogP contribution in [0.4, 0.5) is 26.1 Å². The number of carbonyl (C=O) groups is 1. The molecule has 132 valence electrons. The van der Waals surface area contributed by atoms with Crippen molar-refractivity contribution in [2.24, 2.45) is 0 Å². The van der Waals surface area contributed by atoms with E-state index in [1.807, 2.05) is 19.9 Å². The van der Waals surface area contributed by atoms with Crippen molar-refractivity contribution in [2.45, 2.75) is 13.8 Å². The highest BCUT2D eigenvalue weighted by molar-refractivity contribution is 6.04. The highest BCUT2D eigenvalue weighted by Gasteiger charge is 2.13. The number of hydrogen-bond acceptors (Lipinski definition) is 4. The number of halogens is 2. The summed E-state index contributed by atoms with van der Waals surface area (Å²) in [5, 5.41) is 5.29. The van der Waals surface area contributed by atoms with Crippen LogP contribution in [0.2, 0.25) is 0 Å². The molecule has 0 radical (unpaired) electrons. The molecule has 0 fully saturated rings. The number of benzene rings is 2. The van der Waals surface area contributed by atoms with Gasteiger partial charge in [-0.2, -0.15) is 0 Å². The normalized spacial score (nSPS) is 10.5. The minimum atomic E-state index is -0.830. The molecular formula is C19H16F2N4O. The van der Waals surface area contributed by atoms with Crippen LogP contribution in [-0.4, -0.2) is 15.9 Å². The summed E-state index contributed by atoms with van der Waals surface area (Å²) >= 11 is 0. The zero-order valence-electron chi connectivity index (χ0n) is 14.2. The van der Waals surface area contributed by atoms with E-state index in [0.717, 1.165) is 23.5 Å². The van der Waals surface area contributed by atoms with Gasteiger partial charge in [0, 0.05) is 22.6 Å². The SMILES string of the molecule is Cc1cc(C)nc(Nc2ccc(C(=O)Nc3c(F)cccc3F)cc2)n1. The van der Waals surface area contributed by atoms with Crippen LogP contribution >= 0.6 is 0 Å². The van der Waals surface area contributed by atoms with Gasteiger partial charge in [-0.25, -0.2) is 18.7 Å². The molecule has 2 N–H and O–H groups in total. The fourth-order valence-electron chi connectivity index (χ4n) is 2.42. The van der Waals surface area contributed by atoms with E-state index in [-0.39, 0.29) is 5.56 Å². The summed E-state index contributed by atoms with van der Waals surface area (Å²) < 4.78 is 27.2. The fourth-order valence-corrected chi connectivity index (χ4v) is 2.42. The quantitative estimate of drug-likeness (QED) is 0.730. The van der Waals surface area contributed by atoms with Crippen LogP contribution in [-0.2, 0) is 0 Å². The molecule has 0 unspecified atom stereocenters. The fraction of sp³-hybridized carbons (Fsp3) is 0.105. The Labute approximate surface area is 149 Å². The standard InChI is InChI=1S/C19H16F2N4O/c1-11-10-12(2)23-19(22-11)24-14-8-6-13(7-9-14)18(26)25-17-15(20)4-3-5-16(17)21/h3-10H,1-2H3,(H,25,26)(H,22,23,24). The summed E-state index contributed by atoms with van der Waals surface area (Å²) in [6, 6.07) is 11.7. The molecule has 0 atom stereocenters. The zero-order valence-corrected chi connectivity index (χ0v) is 14.2. The molecule has 5 nitrogen and oxygen atoms in total. The van der Waals surface area contributed by atoms with Crippen LogP contribution in [0.3, 0.4) is 0 Å². The number of amides is 1. The Morgan fingerprint density at radius 3 is 2.08 bits per heavy atom. The number of para-hydroxylation sites is 1. The van der Waals surface area contributed by atoms with E-state index in [0.29, 0.717) is 11.6 Å². The molecule has 0 aliphatic carbocycles. The molecule has 0 aliphatic rings. The van der Waals surface area contributed by atoms with Crippen LogP contribution in [0.25, 0.3) is 0 Å². The van der Waals surface area contributed by atoms with Crippen molar-refractivity contribution in [3.63, 3.8) is 0 Å². The third-order valence-corrected chi connectivity index (χ3v) is 3.59. The first-order valence-corrected chi connectivity index (χ1v) is 7.87. The molecule has 1 aromatic heterocycles. The van der Waals surface area contributed by atoms with Crippen LogP contribution in [0.1, 0.15) is 21.7 Å². The Morgan fingerprint density at radius 2 is 1.50 bits per heavy atom. The lowest BCUT2D eigenvalue weighted by atomic mass is 10.2. The molecule has 2 aromatic carbocycles. The third-order valence-electron chi connectivity index (χ3n) is 3.59. The largest absolute Gasteiger partial charge is 0.324 e. The number of nitrogens with zero attached hydrogens (tertiary/aromatic N) is 2. The maximum absolute atomic E-state index is 13.6. The molecule has 3 rings (SSSR count). The topological polar surface area (TPSA) is 66.9 Å². The first-order chi connectivity index (χ1) is 12.4. The molecule has 0 saturated carbocycles. The van der Waals surface area contributed by atoms with Crippen molar-refractivity contribution < 1.29 is 13.6 Å². The Morgan fingerprint density at radius 1 is 0.923 bits per heavy atom. The second-order valence-electron chi connectivity index (χ2n) is 5.73. The van der Waals surface area contributed by atoms with Crippen LogP contribution in [0.5, 0.6) is 0 Å². The van der Waals surface area contributed by atoms with Gasteiger partial charge in [0.05, 0.1) is 0 Å². The van der Waals surface area contributed by atoms with Gasteiger partial charge < -0.3 is 10.6 Å². The Bertz CT molecular complexity index is 918. The van der Waals surface area contributed by atoms with Gasteiger partial charge in [0.1, 0.15) is 17.3 Å². The Hall–Kier alpha value is -3.35. The molecule has 1 heterocycles. The van der Waals surface area contributed by atoms with Crippen LogP contribution < -0.4 is 10.6 Å².